The van der Waals surface area contributed by atoms with Gasteiger partial charge in [0.25, 0.3) is 21.1 Å². The van der Waals surface area contributed by atoms with Crippen LogP contribution in [-0.2, 0) is 33.2 Å². The highest BCUT2D eigenvalue weighted by molar-refractivity contribution is 8.13. The number of halogens is 6. The minimum atomic E-state index is -3.80. The third-order valence-electron chi connectivity index (χ3n) is 9.77. The molecule has 0 unspecified atom stereocenters. The molecule has 0 aliphatic heterocycles. The molecule has 0 spiro atoms. The largest absolute Gasteiger partial charge is 0.454 e. The second-order valence-corrected chi connectivity index (χ2v) is 19.5. The van der Waals surface area contributed by atoms with E-state index in [0.29, 0.717) is 55.9 Å². The van der Waals surface area contributed by atoms with Crippen molar-refractivity contribution in [2.75, 3.05) is 22.1 Å². The number of nitrogens with two attached hydrogens (primary N) is 1. The number of pyridine rings is 2. The van der Waals surface area contributed by atoms with E-state index in [9.17, 15) is 44.0 Å². The molecule has 6 aromatic carbocycles. The van der Waals surface area contributed by atoms with E-state index < -0.39 is 42.3 Å². The summed E-state index contributed by atoms with van der Waals surface area (Å²) in [7, 11) is 0.835. The quantitative estimate of drug-likeness (QED) is 0.0554. The minimum absolute atomic E-state index is 0.0613. The predicted octanol–water partition coefficient (Wildman–Crippen LogP) is 10.8. The molecule has 8 rings (SSSR count). The Balaban J connectivity index is 0.000000198. The maximum Gasteiger partial charge on any atom is 0.258 e. The number of sulfonamides is 1. The van der Waals surface area contributed by atoms with Crippen molar-refractivity contribution in [2.45, 2.75) is 0 Å². The summed E-state index contributed by atoms with van der Waals surface area (Å²) in [5.74, 6) is -3.07. The third kappa shape index (κ3) is 12.3. The van der Waals surface area contributed by atoms with Gasteiger partial charge in [-0.1, -0.05) is 43.0 Å². The van der Waals surface area contributed by atoms with Crippen LogP contribution in [0.2, 0.25) is 0 Å². The molecule has 0 fully saturated rings. The van der Waals surface area contributed by atoms with Crippen molar-refractivity contribution < 1.29 is 43.9 Å². The van der Waals surface area contributed by atoms with Gasteiger partial charge >= 0.3 is 0 Å². The molecule has 0 amide bonds. The summed E-state index contributed by atoms with van der Waals surface area (Å²) in [4.78, 5) is 25.1. The highest BCUT2D eigenvalue weighted by Crippen LogP contribution is 2.40. The molecule has 0 aliphatic rings. The Hall–Kier alpha value is -7.12. The van der Waals surface area contributed by atoms with Crippen molar-refractivity contribution in [1.82, 2.24) is 9.13 Å². The van der Waals surface area contributed by atoms with Gasteiger partial charge in [-0.3, -0.25) is 14.3 Å². The number of rotatable bonds is 11. The number of ether oxygens (including phenoxy) is 2. The molecule has 3 N–H and O–H groups in total. The molecule has 0 aliphatic carbocycles. The fourth-order valence-corrected chi connectivity index (χ4v) is 8.45. The Morgan fingerprint density at radius 1 is 0.618 bits per heavy atom. The molecule has 20 heteroatoms. The van der Waals surface area contributed by atoms with Crippen molar-refractivity contribution in [3.8, 4) is 45.3 Å². The molecule has 0 saturated carbocycles. The van der Waals surface area contributed by atoms with Crippen LogP contribution in [0.1, 0.15) is 0 Å². The zero-order valence-corrected chi connectivity index (χ0v) is 38.9. The molecule has 12 nitrogen and oxygen atoms in total. The van der Waals surface area contributed by atoms with Gasteiger partial charge < -0.3 is 24.3 Å². The number of aryl methyl sites for hydroxylation is 2. The van der Waals surface area contributed by atoms with Crippen LogP contribution in [-0.4, -0.2) is 37.6 Å². The number of hydrogen-bond acceptors (Lipinski definition) is 9. The Morgan fingerprint density at radius 3 is 1.46 bits per heavy atom. The second kappa shape index (κ2) is 21.2. The van der Waals surface area contributed by atoms with Crippen molar-refractivity contribution in [1.29, 1.82) is 0 Å². The molecule has 0 saturated heterocycles. The van der Waals surface area contributed by atoms with E-state index in [0.717, 1.165) is 35.1 Å². The number of aromatic nitrogens is 2. The first-order valence-corrected chi connectivity index (χ1v) is 24.3. The topological polar surface area (TPSA) is 169 Å². The molecule has 2 aromatic heterocycles. The minimum Gasteiger partial charge on any atom is -0.454 e. The van der Waals surface area contributed by atoms with E-state index in [-0.39, 0.29) is 45.7 Å². The van der Waals surface area contributed by atoms with Gasteiger partial charge in [-0.2, -0.15) is 0 Å². The highest BCUT2D eigenvalue weighted by atomic mass is 35.7. The summed E-state index contributed by atoms with van der Waals surface area (Å²) in [6.07, 6.45) is 3.27. The molecule has 0 bridgehead atoms. The van der Waals surface area contributed by atoms with Crippen molar-refractivity contribution in [3.63, 3.8) is 0 Å². The Kier molecular flexibility index (Phi) is 15.7. The van der Waals surface area contributed by atoms with E-state index in [1.807, 2.05) is 12.1 Å². The molecule has 0 radical (unpaired) electrons. The molecular weight excluding hydrogens is 972 g/mol. The predicted molar refractivity (Wildman–Crippen MR) is 260 cm³/mol. The van der Waals surface area contributed by atoms with Gasteiger partial charge in [0.15, 0.2) is 23.1 Å². The number of alkyl halides is 1. The first kappa shape index (κ1) is 50.3. The van der Waals surface area contributed by atoms with Crippen LogP contribution in [0.3, 0.4) is 0 Å². The van der Waals surface area contributed by atoms with E-state index in [1.165, 1.54) is 33.4 Å². The highest BCUT2D eigenvalue weighted by Gasteiger charge is 2.19. The maximum atomic E-state index is 14.3. The zero-order valence-electron chi connectivity index (χ0n) is 35.7. The summed E-state index contributed by atoms with van der Waals surface area (Å²) >= 11 is 5.02. The number of hydrogen-bond donors (Lipinski definition) is 2. The zero-order chi connectivity index (χ0) is 49.5. The molecule has 0 atom stereocenters. The van der Waals surface area contributed by atoms with Crippen LogP contribution in [0.25, 0.3) is 43.8 Å². The lowest BCUT2D eigenvalue weighted by Gasteiger charge is -2.16. The normalized spacial score (nSPS) is 11.2. The average molecular weight is 1010 g/mol. The molecular formula is C48H38Cl2F4N4O8S2. The SMILES string of the molecule is C=CS(=O)(=O)Nc1ccc(Oc2ccc(F)cc2F)c(-c2cn(C)c(=O)c3ccccc23)c1.Cn1cc(-c2cc(N)ccc2Oc2ccc(F)cc2F)c2ccccc2c1=O.O=S(=O)(Cl)CCCl. The van der Waals surface area contributed by atoms with E-state index in [1.54, 1.807) is 81.1 Å². The van der Waals surface area contributed by atoms with Crippen LogP contribution in [0.15, 0.2) is 155 Å². The fraction of sp³-hybridized carbons (Fsp3) is 0.0833. The van der Waals surface area contributed by atoms with E-state index >= 15 is 0 Å². The number of fused-ring (bicyclic) bond motifs is 2. The van der Waals surface area contributed by atoms with Gasteiger partial charge in [-0.15, -0.1) is 11.6 Å². The van der Waals surface area contributed by atoms with Gasteiger partial charge in [-0.05, 0) is 83.6 Å². The Labute approximate surface area is 396 Å². The van der Waals surface area contributed by atoms with Crippen LogP contribution in [0.5, 0.6) is 23.0 Å². The number of nitrogens with one attached hydrogen (secondary N) is 1. The summed E-state index contributed by atoms with van der Waals surface area (Å²) in [6.45, 7) is 3.28. The number of nitrogen functional groups attached to an aromatic ring is 1. The van der Waals surface area contributed by atoms with E-state index in [2.05, 4.69) is 11.3 Å². The molecule has 2 heterocycles. The van der Waals surface area contributed by atoms with Crippen molar-refractivity contribution >= 4 is 74.3 Å². The molecule has 8 aromatic rings. The average Bonchev–Trinajstić information content (AvgIpc) is 3.29. The number of benzene rings is 6. The summed E-state index contributed by atoms with van der Waals surface area (Å²) in [6, 6.07) is 29.5. The Morgan fingerprint density at radius 2 is 1.04 bits per heavy atom. The lowest BCUT2D eigenvalue weighted by molar-refractivity contribution is 0.439. The van der Waals surface area contributed by atoms with E-state index in [4.69, 9.17) is 37.5 Å². The first-order valence-electron chi connectivity index (χ1n) is 19.8. The van der Waals surface area contributed by atoms with Crippen molar-refractivity contribution in [3.05, 3.63) is 190 Å². The standard InChI is InChI=1S/C24H18F2N2O4S.C22H16F2N2O2.C2H4Cl2O2S/c1-3-33(30,31)27-16-9-11-22(32-23-10-8-15(25)12-21(23)26)19(13-16)20-14-28(2)24(29)18-7-5-4-6-17(18)20;1-26-12-18(15-4-2-3-5-16(15)22(26)27)17-11-14(25)7-9-20(17)28-21-8-6-13(23)10-19(21)24;3-1-2-7(4,5)6/h3-14,27H,1H2,2H3;2-12H,25H2,1H3;1-2H2. The summed E-state index contributed by atoms with van der Waals surface area (Å²) < 4.78 is 115. The van der Waals surface area contributed by atoms with Gasteiger partial charge in [0.05, 0.1) is 5.75 Å². The van der Waals surface area contributed by atoms with Gasteiger partial charge in [0.1, 0.15) is 23.1 Å². The summed E-state index contributed by atoms with van der Waals surface area (Å²) in [5, 5.41) is 3.07. The van der Waals surface area contributed by atoms with Crippen LogP contribution in [0.4, 0.5) is 28.9 Å². The van der Waals surface area contributed by atoms with Gasteiger partial charge in [0, 0.05) is 105 Å². The lowest BCUT2D eigenvalue weighted by Crippen LogP contribution is -2.16. The lowest BCUT2D eigenvalue weighted by atomic mass is 9.99. The van der Waals surface area contributed by atoms with Gasteiger partial charge in [-0.25, -0.2) is 34.4 Å². The first-order chi connectivity index (χ1) is 32.2. The second-order valence-electron chi connectivity index (χ2n) is 14.6. The summed E-state index contributed by atoms with van der Waals surface area (Å²) in [5.41, 5.74) is 8.55. The number of nitrogens with zero attached hydrogens (tertiary/aromatic N) is 2. The molecule has 352 valence electrons. The van der Waals surface area contributed by atoms with Crippen molar-refractivity contribution in [2.24, 2.45) is 14.1 Å². The van der Waals surface area contributed by atoms with Crippen LogP contribution < -0.4 is 31.0 Å². The van der Waals surface area contributed by atoms with Crippen LogP contribution in [0, 0.1) is 23.3 Å². The number of anilines is 2. The third-order valence-corrected chi connectivity index (χ3v) is 12.3. The van der Waals surface area contributed by atoms with Gasteiger partial charge in [0.2, 0.25) is 9.05 Å². The monoisotopic (exact) mass is 1010 g/mol. The Bertz CT molecular complexity index is 3580. The molecule has 68 heavy (non-hydrogen) atoms. The smallest absolute Gasteiger partial charge is 0.258 e. The fourth-order valence-electron chi connectivity index (χ4n) is 6.65. The maximum absolute atomic E-state index is 14.3. The van der Waals surface area contributed by atoms with Crippen LogP contribution >= 0.6 is 22.3 Å².